The minimum atomic E-state index is -4.28. The summed E-state index contributed by atoms with van der Waals surface area (Å²) < 4.78 is 34.2. The number of amides is 1. The Labute approximate surface area is 155 Å². The van der Waals surface area contributed by atoms with E-state index >= 15 is 0 Å². The second-order valence-corrected chi connectivity index (χ2v) is 6.93. The first-order valence-corrected chi connectivity index (χ1v) is 9.24. The summed E-state index contributed by atoms with van der Waals surface area (Å²) in [6, 6.07) is 10.6. The van der Waals surface area contributed by atoms with Gasteiger partial charge >= 0.3 is 12.1 Å². The summed E-state index contributed by atoms with van der Waals surface area (Å²) in [7, 11) is -3.08. The lowest BCUT2D eigenvalue weighted by Crippen LogP contribution is -2.25. The number of para-hydroxylation sites is 1. The monoisotopic (exact) mass is 394 g/mol. The molecule has 0 unspecified atom stereocenters. The Morgan fingerprint density at radius 3 is 2.41 bits per heavy atom. The smallest absolute Gasteiger partial charge is 0.406 e. The zero-order valence-electron chi connectivity index (χ0n) is 14.3. The minimum Gasteiger partial charge on any atom is -0.478 e. The molecule has 0 saturated heterocycles. The number of alkyl carbamates (subject to hydrolysis) is 1. The fourth-order valence-corrected chi connectivity index (χ4v) is 3.00. The van der Waals surface area contributed by atoms with Gasteiger partial charge in [0.25, 0.3) is 0 Å². The molecule has 10 heteroatoms. The van der Waals surface area contributed by atoms with Crippen molar-refractivity contribution in [1.82, 2.24) is 5.32 Å². The van der Waals surface area contributed by atoms with Gasteiger partial charge in [-0.2, -0.15) is 0 Å². The fourth-order valence-electron chi connectivity index (χ4n) is 2.27. The number of hydrogen-bond acceptors (Lipinski definition) is 6. The van der Waals surface area contributed by atoms with Crippen molar-refractivity contribution in [2.24, 2.45) is 5.14 Å². The number of nitrogens with one attached hydrogen (secondary N) is 1. The first-order chi connectivity index (χ1) is 12.7. The van der Waals surface area contributed by atoms with Crippen LogP contribution in [0.2, 0.25) is 0 Å². The molecule has 0 aliphatic heterocycles. The van der Waals surface area contributed by atoms with E-state index in [-0.39, 0.29) is 29.8 Å². The van der Waals surface area contributed by atoms with Crippen LogP contribution in [-0.2, 0) is 21.2 Å². The maximum Gasteiger partial charge on any atom is 0.406 e. The molecule has 2 rings (SSSR count). The van der Waals surface area contributed by atoms with Gasteiger partial charge in [-0.1, -0.05) is 18.2 Å². The van der Waals surface area contributed by atoms with Gasteiger partial charge in [-0.3, -0.25) is 0 Å². The average molecular weight is 394 g/mol. The molecule has 0 atom stereocenters. The molecule has 0 bridgehead atoms. The molecule has 0 heterocycles. The van der Waals surface area contributed by atoms with Crippen LogP contribution in [0, 0.1) is 0 Å². The van der Waals surface area contributed by atoms with E-state index in [0.29, 0.717) is 5.75 Å². The number of nitrogens with two attached hydrogens (primary N) is 1. The number of rotatable bonds is 7. The largest absolute Gasteiger partial charge is 0.478 e. The Bertz CT molecular complexity index is 943. The van der Waals surface area contributed by atoms with Gasteiger partial charge in [-0.15, -0.1) is 0 Å². The van der Waals surface area contributed by atoms with Crippen molar-refractivity contribution in [1.29, 1.82) is 0 Å². The van der Waals surface area contributed by atoms with Crippen LogP contribution < -0.4 is 15.2 Å². The Hall–Kier alpha value is -3.11. The average Bonchev–Trinajstić information content (AvgIpc) is 2.62. The normalized spacial score (nSPS) is 10.9. The summed E-state index contributed by atoms with van der Waals surface area (Å²) >= 11 is 0. The van der Waals surface area contributed by atoms with Gasteiger partial charge in [0.15, 0.2) is 5.75 Å². The predicted molar refractivity (Wildman–Crippen MR) is 95.4 cm³/mol. The van der Waals surface area contributed by atoms with E-state index in [1.807, 2.05) is 0 Å². The summed E-state index contributed by atoms with van der Waals surface area (Å²) in [4.78, 5) is 22.1. The third-order valence-corrected chi connectivity index (χ3v) is 4.41. The Morgan fingerprint density at radius 2 is 1.85 bits per heavy atom. The van der Waals surface area contributed by atoms with Crippen molar-refractivity contribution in [3.8, 4) is 11.5 Å². The second kappa shape index (κ2) is 8.52. The van der Waals surface area contributed by atoms with Gasteiger partial charge in [-0.25, -0.2) is 23.1 Å². The van der Waals surface area contributed by atoms with Crippen LogP contribution in [0.5, 0.6) is 11.5 Å². The molecule has 0 saturated carbocycles. The van der Waals surface area contributed by atoms with Crippen molar-refractivity contribution >= 4 is 22.1 Å². The van der Waals surface area contributed by atoms with Crippen molar-refractivity contribution in [3.05, 3.63) is 53.6 Å². The second-order valence-electron chi connectivity index (χ2n) is 5.40. The first kappa shape index (κ1) is 20.2. The van der Waals surface area contributed by atoms with Crippen molar-refractivity contribution in [2.45, 2.75) is 11.3 Å². The van der Waals surface area contributed by atoms with Crippen LogP contribution in [0.15, 0.2) is 47.4 Å². The molecule has 0 radical (unpaired) electrons. The molecule has 2 aromatic carbocycles. The Morgan fingerprint density at radius 1 is 1.19 bits per heavy atom. The molecule has 0 aliphatic carbocycles. The lowest BCUT2D eigenvalue weighted by molar-refractivity contribution is 0.0696. The van der Waals surface area contributed by atoms with Gasteiger partial charge in [0.05, 0.1) is 12.7 Å². The number of hydrogen-bond donors (Lipinski definition) is 3. The molecule has 0 aromatic heterocycles. The lowest BCUT2D eigenvalue weighted by atomic mass is 10.1. The number of carboxylic acids is 1. The van der Waals surface area contributed by atoms with Crippen LogP contribution in [0.4, 0.5) is 4.79 Å². The zero-order chi connectivity index (χ0) is 20.0. The summed E-state index contributed by atoms with van der Waals surface area (Å²) in [5, 5.41) is 17.0. The van der Waals surface area contributed by atoms with Gasteiger partial charge in [-0.05, 0) is 36.2 Å². The van der Waals surface area contributed by atoms with E-state index in [9.17, 15) is 23.1 Å². The SMILES string of the molecule is COC(=O)NCCc1cc(C(=O)O)cc(S(N)(=O)=O)c1Oc1ccccc1. The third kappa shape index (κ3) is 5.43. The highest BCUT2D eigenvalue weighted by Gasteiger charge is 2.23. The van der Waals surface area contributed by atoms with Crippen molar-refractivity contribution in [2.75, 3.05) is 13.7 Å². The molecule has 4 N–H and O–H groups in total. The molecule has 2 aromatic rings. The number of sulfonamides is 1. The van der Waals surface area contributed by atoms with Crippen LogP contribution in [0.3, 0.4) is 0 Å². The number of carbonyl (C=O) groups is 2. The molecular weight excluding hydrogens is 376 g/mol. The first-order valence-electron chi connectivity index (χ1n) is 7.70. The van der Waals surface area contributed by atoms with E-state index in [2.05, 4.69) is 10.1 Å². The molecule has 0 spiro atoms. The molecule has 27 heavy (non-hydrogen) atoms. The van der Waals surface area contributed by atoms with E-state index < -0.39 is 27.0 Å². The predicted octanol–water partition coefficient (Wildman–Crippen LogP) is 1.72. The molecule has 0 aliphatic rings. The third-order valence-electron chi connectivity index (χ3n) is 3.50. The summed E-state index contributed by atoms with van der Waals surface area (Å²) in [5.41, 5.74) is -0.0216. The quantitative estimate of drug-likeness (QED) is 0.648. The highest BCUT2D eigenvalue weighted by Crippen LogP contribution is 2.33. The topological polar surface area (TPSA) is 145 Å². The van der Waals surface area contributed by atoms with E-state index in [0.717, 1.165) is 6.07 Å². The molecule has 144 valence electrons. The summed E-state index contributed by atoms with van der Waals surface area (Å²) in [6.45, 7) is 0.0605. The summed E-state index contributed by atoms with van der Waals surface area (Å²) in [6.07, 6.45) is -0.595. The molecule has 9 nitrogen and oxygen atoms in total. The van der Waals surface area contributed by atoms with Gasteiger partial charge in [0.1, 0.15) is 10.6 Å². The maximum atomic E-state index is 12.0. The van der Waals surface area contributed by atoms with Gasteiger partial charge in [0, 0.05) is 6.54 Å². The highest BCUT2D eigenvalue weighted by atomic mass is 32.2. The van der Waals surface area contributed by atoms with Gasteiger partial charge < -0.3 is 19.9 Å². The molecular formula is C17H18N2O7S. The maximum absolute atomic E-state index is 12.0. The molecule has 0 fully saturated rings. The number of carbonyl (C=O) groups excluding carboxylic acids is 1. The summed E-state index contributed by atoms with van der Waals surface area (Å²) in [5.74, 6) is -1.08. The number of aromatic carboxylic acids is 1. The van der Waals surface area contributed by atoms with Crippen molar-refractivity contribution in [3.63, 3.8) is 0 Å². The number of carboxylic acid groups (broad SMARTS) is 1. The lowest BCUT2D eigenvalue weighted by Gasteiger charge is -2.16. The van der Waals surface area contributed by atoms with Crippen LogP contribution in [0.1, 0.15) is 15.9 Å². The Balaban J connectivity index is 2.53. The number of ether oxygens (including phenoxy) is 2. The van der Waals surface area contributed by atoms with Gasteiger partial charge in [0.2, 0.25) is 10.0 Å². The Kier molecular flexibility index (Phi) is 6.37. The van der Waals surface area contributed by atoms with E-state index in [1.54, 1.807) is 30.3 Å². The van der Waals surface area contributed by atoms with Crippen LogP contribution in [-0.4, -0.2) is 39.2 Å². The van der Waals surface area contributed by atoms with Crippen molar-refractivity contribution < 1.29 is 32.6 Å². The fraction of sp³-hybridized carbons (Fsp3) is 0.176. The zero-order valence-corrected chi connectivity index (χ0v) is 15.2. The highest BCUT2D eigenvalue weighted by molar-refractivity contribution is 7.89. The number of benzene rings is 2. The van der Waals surface area contributed by atoms with E-state index in [1.165, 1.54) is 13.2 Å². The number of methoxy groups -OCH3 is 1. The molecule has 1 amide bonds. The number of primary sulfonamides is 1. The van der Waals surface area contributed by atoms with Crippen LogP contribution in [0.25, 0.3) is 0 Å². The van der Waals surface area contributed by atoms with Crippen LogP contribution >= 0.6 is 0 Å². The minimum absolute atomic E-state index is 0.0605. The van der Waals surface area contributed by atoms with E-state index in [4.69, 9.17) is 9.88 Å². The standard InChI is InChI=1S/C17H18N2O7S/c1-25-17(22)19-8-7-11-9-12(16(20)21)10-14(27(18,23)24)15(11)26-13-5-3-2-4-6-13/h2-6,9-10H,7-8H2,1H3,(H,19,22)(H,20,21)(H2,18,23,24).